The molecule has 1 aromatic carbocycles. The molecule has 88 valence electrons. The molecule has 1 aromatic rings. The number of aliphatic hydroxyl groups is 1. The molecule has 0 bridgehead atoms. The third kappa shape index (κ3) is 3.92. The molecule has 0 spiro atoms. The number of carbonyl (C=O) groups is 1. The van der Waals surface area contributed by atoms with Crippen LogP contribution in [0.2, 0.25) is 0 Å². The Morgan fingerprint density at radius 3 is 2.75 bits per heavy atom. The van der Waals surface area contributed by atoms with Crippen LogP contribution in [-0.4, -0.2) is 28.3 Å². The van der Waals surface area contributed by atoms with Crippen molar-refractivity contribution in [1.82, 2.24) is 0 Å². The van der Waals surface area contributed by atoms with Gasteiger partial charge in [0.05, 0.1) is 6.10 Å². The molecule has 1 rings (SSSR count). The van der Waals surface area contributed by atoms with Crippen LogP contribution in [0.1, 0.15) is 12.0 Å². The number of nitrogens with two attached hydrogens (primary N) is 1. The Kier molecular flexibility index (Phi) is 4.92. The Hall–Kier alpha value is -0.910. The van der Waals surface area contributed by atoms with Gasteiger partial charge >= 0.3 is 5.97 Å². The summed E-state index contributed by atoms with van der Waals surface area (Å²) in [6.07, 6.45) is -0.0811. The molecule has 0 aliphatic carbocycles. The summed E-state index contributed by atoms with van der Waals surface area (Å²) in [5, 5.41) is 18.1. The predicted octanol–water partition coefficient (Wildman–Crippen LogP) is 1.15. The number of carboxylic acids is 1. The van der Waals surface area contributed by atoms with Gasteiger partial charge in [-0.1, -0.05) is 28.1 Å². The average Bonchev–Trinajstić information content (AvgIpc) is 2.24. The molecule has 0 aliphatic heterocycles. The van der Waals surface area contributed by atoms with Gasteiger partial charge in [-0.15, -0.1) is 0 Å². The summed E-state index contributed by atoms with van der Waals surface area (Å²) < 4.78 is 0.960. The molecule has 0 fully saturated rings. The summed E-state index contributed by atoms with van der Waals surface area (Å²) in [7, 11) is 0. The van der Waals surface area contributed by atoms with Crippen molar-refractivity contribution in [1.29, 1.82) is 0 Å². The minimum absolute atomic E-state index is 0.337. The highest BCUT2D eigenvalue weighted by Gasteiger charge is 2.21. The van der Waals surface area contributed by atoms with Gasteiger partial charge in [0.2, 0.25) is 0 Å². The minimum atomic E-state index is -1.22. The van der Waals surface area contributed by atoms with Crippen LogP contribution in [0.4, 0.5) is 0 Å². The van der Waals surface area contributed by atoms with Crippen LogP contribution in [0, 0.1) is 0 Å². The molecule has 16 heavy (non-hydrogen) atoms. The van der Waals surface area contributed by atoms with E-state index in [9.17, 15) is 9.90 Å². The fraction of sp³-hybridized carbons (Fsp3) is 0.364. The first-order valence-electron chi connectivity index (χ1n) is 4.91. The van der Waals surface area contributed by atoms with E-state index in [2.05, 4.69) is 15.9 Å². The lowest BCUT2D eigenvalue weighted by Crippen LogP contribution is -2.41. The van der Waals surface area contributed by atoms with Crippen molar-refractivity contribution in [2.45, 2.75) is 25.0 Å². The summed E-state index contributed by atoms with van der Waals surface area (Å²) in [6, 6.07) is 6.43. The summed E-state index contributed by atoms with van der Waals surface area (Å²) in [4.78, 5) is 10.5. The zero-order valence-corrected chi connectivity index (χ0v) is 10.2. The van der Waals surface area contributed by atoms with Gasteiger partial charge in [-0.05, 0) is 30.5 Å². The van der Waals surface area contributed by atoms with Crippen molar-refractivity contribution in [2.24, 2.45) is 5.73 Å². The molecule has 4 nitrogen and oxygen atoms in total. The van der Waals surface area contributed by atoms with Crippen molar-refractivity contribution in [3.05, 3.63) is 34.3 Å². The van der Waals surface area contributed by atoms with E-state index in [0.717, 1.165) is 10.0 Å². The third-order valence-corrected chi connectivity index (χ3v) is 2.81. The lowest BCUT2D eigenvalue weighted by molar-refractivity contribution is -0.141. The van der Waals surface area contributed by atoms with Crippen LogP contribution in [0.5, 0.6) is 0 Å². The Morgan fingerprint density at radius 1 is 1.50 bits per heavy atom. The van der Waals surface area contributed by atoms with Crippen LogP contribution in [0.25, 0.3) is 0 Å². The molecule has 5 heteroatoms. The van der Waals surface area contributed by atoms with Gasteiger partial charge in [-0.25, -0.2) is 0 Å². The van der Waals surface area contributed by atoms with Gasteiger partial charge in [-0.2, -0.15) is 0 Å². The number of halogens is 1. The van der Waals surface area contributed by atoms with Crippen molar-refractivity contribution < 1.29 is 15.0 Å². The van der Waals surface area contributed by atoms with Crippen LogP contribution in [-0.2, 0) is 11.2 Å². The van der Waals surface area contributed by atoms with Crippen molar-refractivity contribution in [2.75, 3.05) is 0 Å². The second-order valence-corrected chi connectivity index (χ2v) is 4.52. The maximum Gasteiger partial charge on any atom is 0.323 e. The third-order valence-electron chi connectivity index (χ3n) is 2.32. The molecule has 4 N–H and O–H groups in total. The molecule has 0 saturated carbocycles. The topological polar surface area (TPSA) is 83.6 Å². The smallest absolute Gasteiger partial charge is 0.323 e. The fourth-order valence-electron chi connectivity index (χ4n) is 1.35. The van der Waals surface area contributed by atoms with Crippen LogP contribution in [0.15, 0.2) is 28.7 Å². The lowest BCUT2D eigenvalue weighted by Gasteiger charge is -2.14. The van der Waals surface area contributed by atoms with E-state index < -0.39 is 18.1 Å². The van der Waals surface area contributed by atoms with Crippen LogP contribution in [0.3, 0.4) is 0 Å². The van der Waals surface area contributed by atoms with Gasteiger partial charge in [0.15, 0.2) is 0 Å². The van der Waals surface area contributed by atoms with Gasteiger partial charge < -0.3 is 15.9 Å². The largest absolute Gasteiger partial charge is 0.480 e. The maximum absolute atomic E-state index is 10.5. The highest BCUT2D eigenvalue weighted by atomic mass is 79.9. The summed E-state index contributed by atoms with van der Waals surface area (Å²) in [6.45, 7) is 0. The van der Waals surface area contributed by atoms with Crippen LogP contribution < -0.4 is 5.73 Å². The fourth-order valence-corrected chi connectivity index (χ4v) is 1.80. The monoisotopic (exact) mass is 287 g/mol. The number of aliphatic hydroxyl groups excluding tert-OH is 1. The number of hydrogen-bond acceptors (Lipinski definition) is 3. The predicted molar refractivity (Wildman–Crippen MR) is 64.1 cm³/mol. The molecular formula is C11H14BrNO3. The van der Waals surface area contributed by atoms with E-state index in [1.807, 2.05) is 24.3 Å². The van der Waals surface area contributed by atoms with Crippen molar-refractivity contribution >= 4 is 21.9 Å². The minimum Gasteiger partial charge on any atom is -0.480 e. The van der Waals surface area contributed by atoms with E-state index in [4.69, 9.17) is 10.8 Å². The zero-order valence-electron chi connectivity index (χ0n) is 8.64. The lowest BCUT2D eigenvalue weighted by atomic mass is 10.0. The summed E-state index contributed by atoms with van der Waals surface area (Å²) >= 11 is 3.34. The Morgan fingerprint density at radius 2 is 2.19 bits per heavy atom. The molecule has 0 radical (unpaired) electrons. The quantitative estimate of drug-likeness (QED) is 0.759. The molecule has 0 saturated heterocycles. The van der Waals surface area contributed by atoms with Crippen molar-refractivity contribution in [3.63, 3.8) is 0 Å². The van der Waals surface area contributed by atoms with E-state index in [-0.39, 0.29) is 0 Å². The average molecular weight is 288 g/mol. The van der Waals surface area contributed by atoms with E-state index in [1.165, 1.54) is 0 Å². The van der Waals surface area contributed by atoms with Gasteiger partial charge in [-0.3, -0.25) is 4.79 Å². The van der Waals surface area contributed by atoms with E-state index in [0.29, 0.717) is 12.8 Å². The first-order chi connectivity index (χ1) is 7.50. The number of hydrogen-bond donors (Lipinski definition) is 3. The van der Waals surface area contributed by atoms with Crippen molar-refractivity contribution in [3.8, 4) is 0 Å². The van der Waals surface area contributed by atoms with Gasteiger partial charge in [0, 0.05) is 4.47 Å². The standard InChI is InChI=1S/C11H14BrNO3/c12-8-3-1-2-7(6-8)4-5-9(14)10(13)11(15)16/h1-3,6,9-10,14H,4-5,13H2,(H,15,16). The first-order valence-corrected chi connectivity index (χ1v) is 5.71. The maximum atomic E-state index is 10.5. The Bertz CT molecular complexity index is 370. The zero-order chi connectivity index (χ0) is 12.1. The summed E-state index contributed by atoms with van der Waals surface area (Å²) in [5.41, 5.74) is 6.33. The second-order valence-electron chi connectivity index (χ2n) is 3.60. The first kappa shape index (κ1) is 13.2. The van der Waals surface area contributed by atoms with Gasteiger partial charge in [0.25, 0.3) is 0 Å². The highest BCUT2D eigenvalue weighted by Crippen LogP contribution is 2.14. The number of rotatable bonds is 5. The molecule has 0 aliphatic rings. The number of aryl methyl sites for hydroxylation is 1. The highest BCUT2D eigenvalue weighted by molar-refractivity contribution is 9.10. The Labute approximate surface area is 102 Å². The molecular weight excluding hydrogens is 274 g/mol. The molecule has 0 amide bonds. The van der Waals surface area contributed by atoms with E-state index >= 15 is 0 Å². The van der Waals surface area contributed by atoms with E-state index in [1.54, 1.807) is 0 Å². The number of benzene rings is 1. The molecule has 2 unspecified atom stereocenters. The number of carboxylic acid groups (broad SMARTS) is 1. The summed E-state index contributed by atoms with van der Waals surface area (Å²) in [5.74, 6) is -1.18. The molecule has 0 heterocycles. The van der Waals surface area contributed by atoms with Crippen LogP contribution >= 0.6 is 15.9 Å². The second kappa shape index (κ2) is 5.98. The molecule has 0 aromatic heterocycles. The SMILES string of the molecule is NC(C(=O)O)C(O)CCc1cccc(Br)c1. The Balaban J connectivity index is 2.48. The molecule has 2 atom stereocenters. The number of aliphatic carboxylic acids is 1. The normalized spacial score (nSPS) is 14.4. The van der Waals surface area contributed by atoms with Gasteiger partial charge in [0.1, 0.15) is 6.04 Å².